The quantitative estimate of drug-likeness (QED) is 0.628. The maximum atomic E-state index is 13.6. The summed E-state index contributed by atoms with van der Waals surface area (Å²) in [6, 6.07) is 7.00. The Hall–Kier alpha value is -2.52. The van der Waals surface area contributed by atoms with E-state index in [1.807, 2.05) is 0 Å². The summed E-state index contributed by atoms with van der Waals surface area (Å²) in [5.41, 5.74) is 0.513. The van der Waals surface area contributed by atoms with Gasteiger partial charge in [0.2, 0.25) is 5.28 Å². The third-order valence-electron chi connectivity index (χ3n) is 2.48. The average molecular weight is 292 g/mol. The zero-order valence-electron chi connectivity index (χ0n) is 10.2. The van der Waals surface area contributed by atoms with Gasteiger partial charge in [-0.25, -0.2) is 19.2 Å². The highest BCUT2D eigenvalue weighted by Gasteiger charge is 2.13. The number of nitrogens with zero attached hydrogens (tertiary/aromatic N) is 3. The molecule has 5 nitrogen and oxygen atoms in total. The monoisotopic (exact) mass is 291 g/mol. The Morgan fingerprint density at radius 1 is 1.40 bits per heavy atom. The number of aromatic nitrogens is 2. The molecule has 100 valence electrons. The number of benzene rings is 1. The zero-order chi connectivity index (χ0) is 14.7. The topological polar surface area (TPSA) is 75.9 Å². The summed E-state index contributed by atoms with van der Waals surface area (Å²) in [7, 11) is 1.21. The highest BCUT2D eigenvalue weighted by Crippen LogP contribution is 2.22. The van der Waals surface area contributed by atoms with Gasteiger partial charge in [-0.2, -0.15) is 5.26 Å². The second-order valence-electron chi connectivity index (χ2n) is 3.71. The predicted molar refractivity (Wildman–Crippen MR) is 68.5 cm³/mol. The van der Waals surface area contributed by atoms with E-state index in [1.165, 1.54) is 25.3 Å². The first-order chi connectivity index (χ1) is 9.55. The van der Waals surface area contributed by atoms with Crippen LogP contribution < -0.4 is 0 Å². The lowest BCUT2D eigenvalue weighted by molar-refractivity contribution is 0.0594. The van der Waals surface area contributed by atoms with E-state index in [-0.39, 0.29) is 22.2 Å². The number of methoxy groups -OCH3 is 1. The number of carbonyl (C=O) groups excluding carboxylic acids is 1. The van der Waals surface area contributed by atoms with E-state index in [2.05, 4.69) is 14.7 Å². The van der Waals surface area contributed by atoms with Crippen molar-refractivity contribution in [2.75, 3.05) is 7.11 Å². The number of rotatable bonds is 2. The molecule has 0 aliphatic rings. The van der Waals surface area contributed by atoms with Gasteiger partial charge in [0.15, 0.2) is 5.69 Å². The van der Waals surface area contributed by atoms with E-state index < -0.39 is 11.8 Å². The summed E-state index contributed by atoms with van der Waals surface area (Å²) in [4.78, 5) is 19.1. The number of esters is 1. The maximum absolute atomic E-state index is 13.6. The molecule has 0 atom stereocenters. The van der Waals surface area contributed by atoms with Crippen LogP contribution in [-0.4, -0.2) is 23.0 Å². The van der Waals surface area contributed by atoms with Crippen molar-refractivity contribution in [1.29, 1.82) is 5.26 Å². The Morgan fingerprint density at radius 3 is 2.75 bits per heavy atom. The lowest BCUT2D eigenvalue weighted by atomic mass is 10.1. The molecule has 0 aliphatic carbocycles. The molecule has 20 heavy (non-hydrogen) atoms. The smallest absolute Gasteiger partial charge is 0.356 e. The summed E-state index contributed by atoms with van der Waals surface area (Å²) in [5, 5.41) is 8.52. The first-order valence-corrected chi connectivity index (χ1v) is 5.76. The van der Waals surface area contributed by atoms with Gasteiger partial charge in [-0.3, -0.25) is 0 Å². The molecule has 0 unspecified atom stereocenters. The van der Waals surface area contributed by atoms with E-state index in [0.717, 1.165) is 6.07 Å². The summed E-state index contributed by atoms with van der Waals surface area (Å²) >= 11 is 5.72. The van der Waals surface area contributed by atoms with Crippen LogP contribution in [-0.2, 0) is 4.74 Å². The number of nitriles is 1. The Morgan fingerprint density at radius 2 is 2.15 bits per heavy atom. The van der Waals surface area contributed by atoms with Crippen LogP contribution in [0.25, 0.3) is 11.3 Å². The minimum absolute atomic E-state index is 0.0349. The number of hydrogen-bond acceptors (Lipinski definition) is 5. The van der Waals surface area contributed by atoms with Crippen LogP contribution in [0.5, 0.6) is 0 Å². The Bertz CT molecular complexity index is 728. The van der Waals surface area contributed by atoms with E-state index in [9.17, 15) is 9.18 Å². The van der Waals surface area contributed by atoms with Crippen LogP contribution in [0.2, 0.25) is 5.28 Å². The summed E-state index contributed by atoms with van der Waals surface area (Å²) in [6.45, 7) is 0. The molecule has 2 rings (SSSR count). The molecule has 0 saturated heterocycles. The van der Waals surface area contributed by atoms with Crippen molar-refractivity contribution < 1.29 is 13.9 Å². The maximum Gasteiger partial charge on any atom is 0.356 e. The third kappa shape index (κ3) is 2.73. The van der Waals surface area contributed by atoms with Crippen LogP contribution in [0.1, 0.15) is 16.1 Å². The first-order valence-electron chi connectivity index (χ1n) is 5.38. The predicted octanol–water partition coefficient (Wildman–Crippen LogP) is 2.59. The molecular formula is C13H7ClFN3O2. The van der Waals surface area contributed by atoms with Crippen LogP contribution in [0.3, 0.4) is 0 Å². The summed E-state index contributed by atoms with van der Waals surface area (Å²) < 4.78 is 18.1. The molecule has 0 bridgehead atoms. The Kier molecular flexibility index (Phi) is 3.91. The average Bonchev–Trinajstić information content (AvgIpc) is 2.45. The van der Waals surface area contributed by atoms with Crippen molar-refractivity contribution in [2.45, 2.75) is 0 Å². The van der Waals surface area contributed by atoms with E-state index in [0.29, 0.717) is 5.56 Å². The van der Waals surface area contributed by atoms with Gasteiger partial charge < -0.3 is 4.74 Å². The fourth-order valence-corrected chi connectivity index (χ4v) is 1.72. The molecule has 0 fully saturated rings. The lowest BCUT2D eigenvalue weighted by Gasteiger charge is -2.05. The lowest BCUT2D eigenvalue weighted by Crippen LogP contribution is -2.06. The van der Waals surface area contributed by atoms with E-state index in [1.54, 1.807) is 6.07 Å². The molecule has 2 aromatic rings. The molecule has 1 aromatic heterocycles. The molecule has 0 saturated carbocycles. The van der Waals surface area contributed by atoms with Gasteiger partial charge in [0.05, 0.1) is 18.4 Å². The molecule has 0 radical (unpaired) electrons. The fraction of sp³-hybridized carbons (Fsp3) is 0.0769. The van der Waals surface area contributed by atoms with Crippen LogP contribution in [0, 0.1) is 17.1 Å². The van der Waals surface area contributed by atoms with Gasteiger partial charge in [-0.05, 0) is 29.8 Å². The minimum Gasteiger partial charge on any atom is -0.464 e. The first kappa shape index (κ1) is 13.9. The number of carbonyl (C=O) groups is 1. The van der Waals surface area contributed by atoms with Gasteiger partial charge in [0.25, 0.3) is 0 Å². The standard InChI is InChI=1S/C13H7ClFN3O2/c1-20-12(19)11-5-10(17-13(14)18-11)7-2-3-8(6-16)9(15)4-7/h2-5H,1H3. The Balaban J connectivity index is 2.53. The molecule has 7 heteroatoms. The van der Waals surface area contributed by atoms with Crippen molar-refractivity contribution in [1.82, 2.24) is 9.97 Å². The zero-order valence-corrected chi connectivity index (χ0v) is 11.0. The van der Waals surface area contributed by atoms with Crippen molar-refractivity contribution in [3.05, 3.63) is 46.6 Å². The largest absolute Gasteiger partial charge is 0.464 e. The van der Waals surface area contributed by atoms with Gasteiger partial charge in [-0.1, -0.05) is 6.07 Å². The van der Waals surface area contributed by atoms with Crippen LogP contribution in [0.4, 0.5) is 4.39 Å². The molecule has 0 spiro atoms. The van der Waals surface area contributed by atoms with Gasteiger partial charge in [0, 0.05) is 5.56 Å². The molecule has 1 heterocycles. The highest BCUT2D eigenvalue weighted by atomic mass is 35.5. The van der Waals surface area contributed by atoms with E-state index in [4.69, 9.17) is 16.9 Å². The second kappa shape index (κ2) is 5.63. The van der Waals surface area contributed by atoms with Gasteiger partial charge >= 0.3 is 5.97 Å². The van der Waals surface area contributed by atoms with Crippen molar-refractivity contribution in [3.8, 4) is 17.3 Å². The number of halogens is 2. The van der Waals surface area contributed by atoms with Gasteiger partial charge in [-0.15, -0.1) is 0 Å². The summed E-state index contributed by atoms with van der Waals surface area (Å²) in [5.74, 6) is -1.36. The van der Waals surface area contributed by atoms with Gasteiger partial charge in [0.1, 0.15) is 11.9 Å². The molecular weight excluding hydrogens is 285 g/mol. The highest BCUT2D eigenvalue weighted by molar-refractivity contribution is 6.28. The fourth-order valence-electron chi connectivity index (χ4n) is 1.54. The second-order valence-corrected chi connectivity index (χ2v) is 4.04. The van der Waals surface area contributed by atoms with Crippen LogP contribution in [0.15, 0.2) is 24.3 Å². The number of hydrogen-bond donors (Lipinski definition) is 0. The third-order valence-corrected chi connectivity index (χ3v) is 2.65. The van der Waals surface area contributed by atoms with Crippen LogP contribution >= 0.6 is 11.6 Å². The Labute approximate surface area is 118 Å². The number of ether oxygens (including phenoxy) is 1. The summed E-state index contributed by atoms with van der Waals surface area (Å²) in [6.07, 6.45) is 0. The molecule has 1 aromatic carbocycles. The van der Waals surface area contributed by atoms with Crippen molar-refractivity contribution >= 4 is 17.6 Å². The SMILES string of the molecule is COC(=O)c1cc(-c2ccc(C#N)c(F)c2)nc(Cl)n1. The normalized spacial score (nSPS) is 9.90. The molecule has 0 amide bonds. The molecule has 0 aliphatic heterocycles. The molecule has 0 N–H and O–H groups in total. The van der Waals surface area contributed by atoms with Crippen molar-refractivity contribution in [2.24, 2.45) is 0 Å². The minimum atomic E-state index is -0.681. The van der Waals surface area contributed by atoms with E-state index >= 15 is 0 Å². The van der Waals surface area contributed by atoms with Crippen molar-refractivity contribution in [3.63, 3.8) is 0 Å².